The lowest BCUT2D eigenvalue weighted by atomic mass is 9.72. The highest BCUT2D eigenvalue weighted by atomic mass is 16.6. The minimum Gasteiger partial charge on any atom is -0.342 e. The molecule has 0 N–H and O–H groups in total. The van der Waals surface area contributed by atoms with Gasteiger partial charge in [-0.05, 0) is 68.8 Å². The molecule has 0 saturated carbocycles. The highest BCUT2D eigenvalue weighted by Crippen LogP contribution is 2.40. The maximum Gasteiger partial charge on any atom is 0.222 e. The number of carbonyl (C=O) groups is 1. The summed E-state index contributed by atoms with van der Waals surface area (Å²) < 4.78 is 4.81. The highest BCUT2D eigenvalue weighted by molar-refractivity contribution is 5.77. The topological polar surface area (TPSA) is 75.4 Å². The van der Waals surface area contributed by atoms with Gasteiger partial charge in [-0.1, -0.05) is 10.3 Å². The molecule has 2 aliphatic heterocycles. The Labute approximate surface area is 159 Å². The molecule has 2 aromatic heterocycles. The molecule has 27 heavy (non-hydrogen) atoms. The average molecular weight is 369 g/mol. The zero-order chi connectivity index (χ0) is 18.7. The molecule has 1 spiro atoms. The predicted octanol–water partition coefficient (Wildman–Crippen LogP) is 2.22. The van der Waals surface area contributed by atoms with Crippen molar-refractivity contribution >= 4 is 5.91 Å². The fourth-order valence-corrected chi connectivity index (χ4v) is 4.32. The molecule has 2 fully saturated rings. The summed E-state index contributed by atoms with van der Waals surface area (Å²) in [7, 11) is 0. The summed E-state index contributed by atoms with van der Waals surface area (Å²) in [5.41, 5.74) is 3.33. The van der Waals surface area contributed by atoms with Crippen LogP contribution in [0.1, 0.15) is 42.6 Å². The standard InChI is InChI=1S/C20H27N5O2/c1-16-18(23-27-22-16)14-24-12-7-20(8-13-24)6-2-19(26)25(15-20)11-5-17-3-9-21-10-4-17/h3-4,9-10H,2,5-8,11-15H2,1H3. The van der Waals surface area contributed by atoms with Crippen molar-refractivity contribution in [3.8, 4) is 0 Å². The molecule has 2 aromatic rings. The van der Waals surface area contributed by atoms with Crippen LogP contribution in [0.2, 0.25) is 0 Å². The molecule has 7 heteroatoms. The Morgan fingerprint density at radius 1 is 1.15 bits per heavy atom. The second kappa shape index (κ2) is 7.76. The van der Waals surface area contributed by atoms with Gasteiger partial charge in [0.1, 0.15) is 11.4 Å². The van der Waals surface area contributed by atoms with Crippen LogP contribution >= 0.6 is 0 Å². The van der Waals surface area contributed by atoms with E-state index >= 15 is 0 Å². The van der Waals surface area contributed by atoms with E-state index in [2.05, 4.69) is 25.1 Å². The van der Waals surface area contributed by atoms with Gasteiger partial charge in [0.05, 0.1) is 0 Å². The van der Waals surface area contributed by atoms with E-state index in [0.29, 0.717) is 12.3 Å². The van der Waals surface area contributed by atoms with E-state index in [0.717, 1.165) is 69.8 Å². The summed E-state index contributed by atoms with van der Waals surface area (Å²) in [4.78, 5) is 21.0. The maximum atomic E-state index is 12.4. The van der Waals surface area contributed by atoms with Gasteiger partial charge in [0, 0.05) is 38.4 Å². The lowest BCUT2D eigenvalue weighted by molar-refractivity contribution is -0.139. The van der Waals surface area contributed by atoms with Gasteiger partial charge in [-0.3, -0.25) is 14.7 Å². The number of likely N-dealkylation sites (tertiary alicyclic amines) is 2. The van der Waals surface area contributed by atoms with E-state index in [9.17, 15) is 4.79 Å². The number of amides is 1. The third-order valence-electron chi connectivity index (χ3n) is 6.20. The number of aromatic nitrogens is 3. The molecule has 4 heterocycles. The number of hydrogen-bond acceptors (Lipinski definition) is 6. The molecule has 144 valence electrons. The normalized spacial score (nSPS) is 20.3. The predicted molar refractivity (Wildman–Crippen MR) is 99.7 cm³/mol. The monoisotopic (exact) mass is 369 g/mol. The van der Waals surface area contributed by atoms with Crippen LogP contribution in [0.25, 0.3) is 0 Å². The fourth-order valence-electron chi connectivity index (χ4n) is 4.32. The first-order valence-electron chi connectivity index (χ1n) is 9.81. The Morgan fingerprint density at radius 3 is 2.63 bits per heavy atom. The van der Waals surface area contributed by atoms with Crippen molar-refractivity contribution in [1.29, 1.82) is 0 Å². The van der Waals surface area contributed by atoms with E-state index in [1.807, 2.05) is 31.5 Å². The van der Waals surface area contributed by atoms with Gasteiger partial charge in [0.15, 0.2) is 0 Å². The molecular weight excluding hydrogens is 342 g/mol. The van der Waals surface area contributed by atoms with E-state index in [-0.39, 0.29) is 5.41 Å². The van der Waals surface area contributed by atoms with Gasteiger partial charge in [0.2, 0.25) is 5.91 Å². The van der Waals surface area contributed by atoms with Crippen LogP contribution < -0.4 is 0 Å². The van der Waals surface area contributed by atoms with Gasteiger partial charge in [-0.25, -0.2) is 4.63 Å². The average Bonchev–Trinajstić information content (AvgIpc) is 3.10. The summed E-state index contributed by atoms with van der Waals surface area (Å²) in [6.07, 6.45) is 8.51. The summed E-state index contributed by atoms with van der Waals surface area (Å²) in [6.45, 7) is 6.52. The molecule has 0 aromatic carbocycles. The first-order chi connectivity index (χ1) is 13.1. The van der Waals surface area contributed by atoms with Crippen LogP contribution in [0.5, 0.6) is 0 Å². The van der Waals surface area contributed by atoms with Crippen LogP contribution in [-0.2, 0) is 17.8 Å². The zero-order valence-electron chi connectivity index (χ0n) is 15.9. The SMILES string of the molecule is Cc1nonc1CN1CCC2(CCC(=O)N(CCc3ccncc3)C2)CC1. The van der Waals surface area contributed by atoms with Crippen molar-refractivity contribution in [1.82, 2.24) is 25.1 Å². The second-order valence-corrected chi connectivity index (χ2v) is 7.99. The minimum absolute atomic E-state index is 0.278. The quantitative estimate of drug-likeness (QED) is 0.804. The first-order valence-corrected chi connectivity index (χ1v) is 9.81. The highest BCUT2D eigenvalue weighted by Gasteiger charge is 2.40. The third-order valence-corrected chi connectivity index (χ3v) is 6.20. The van der Waals surface area contributed by atoms with Crippen molar-refractivity contribution < 1.29 is 9.42 Å². The molecule has 0 unspecified atom stereocenters. The Morgan fingerprint density at radius 2 is 1.93 bits per heavy atom. The lowest BCUT2D eigenvalue weighted by Gasteiger charge is -2.47. The van der Waals surface area contributed by atoms with Gasteiger partial charge >= 0.3 is 0 Å². The summed E-state index contributed by atoms with van der Waals surface area (Å²) in [5, 5.41) is 7.87. The molecule has 7 nitrogen and oxygen atoms in total. The zero-order valence-corrected chi connectivity index (χ0v) is 15.9. The van der Waals surface area contributed by atoms with Crippen LogP contribution in [0.4, 0.5) is 0 Å². The smallest absolute Gasteiger partial charge is 0.222 e. The number of hydrogen-bond donors (Lipinski definition) is 0. The van der Waals surface area contributed by atoms with Gasteiger partial charge in [0.25, 0.3) is 0 Å². The Kier molecular flexibility index (Phi) is 5.20. The molecule has 2 saturated heterocycles. The number of piperidine rings is 2. The van der Waals surface area contributed by atoms with Crippen molar-refractivity contribution in [3.63, 3.8) is 0 Å². The van der Waals surface area contributed by atoms with E-state index in [4.69, 9.17) is 4.63 Å². The first kappa shape index (κ1) is 18.1. The number of rotatable bonds is 5. The molecule has 0 aliphatic carbocycles. The Bertz CT molecular complexity index is 768. The number of carbonyl (C=O) groups excluding carboxylic acids is 1. The van der Waals surface area contributed by atoms with E-state index in [1.165, 1.54) is 5.56 Å². The largest absolute Gasteiger partial charge is 0.342 e. The van der Waals surface area contributed by atoms with E-state index < -0.39 is 0 Å². The third kappa shape index (κ3) is 4.18. The number of nitrogens with zero attached hydrogens (tertiary/aromatic N) is 5. The Balaban J connectivity index is 1.32. The summed E-state index contributed by atoms with van der Waals surface area (Å²) >= 11 is 0. The van der Waals surface area contributed by atoms with Crippen molar-refractivity contribution in [2.75, 3.05) is 26.2 Å². The molecule has 1 amide bonds. The fraction of sp³-hybridized carbons (Fsp3) is 0.600. The number of aryl methyl sites for hydroxylation is 1. The van der Waals surface area contributed by atoms with Crippen molar-refractivity contribution in [3.05, 3.63) is 41.5 Å². The lowest BCUT2D eigenvalue weighted by Crippen LogP contribution is -2.51. The molecule has 0 bridgehead atoms. The van der Waals surface area contributed by atoms with Crippen LogP contribution in [0, 0.1) is 12.3 Å². The van der Waals surface area contributed by atoms with Gasteiger partial charge < -0.3 is 4.90 Å². The van der Waals surface area contributed by atoms with Crippen molar-refractivity contribution in [2.24, 2.45) is 5.41 Å². The second-order valence-electron chi connectivity index (χ2n) is 7.99. The summed E-state index contributed by atoms with van der Waals surface area (Å²) in [5.74, 6) is 0.307. The van der Waals surface area contributed by atoms with Crippen LogP contribution in [-0.4, -0.2) is 57.2 Å². The maximum absolute atomic E-state index is 12.4. The molecule has 2 aliphatic rings. The van der Waals surface area contributed by atoms with Gasteiger partial charge in [-0.2, -0.15) is 0 Å². The molecule has 4 rings (SSSR count). The molecule has 0 radical (unpaired) electrons. The van der Waals surface area contributed by atoms with Gasteiger partial charge in [-0.15, -0.1) is 0 Å². The van der Waals surface area contributed by atoms with Crippen LogP contribution in [0.15, 0.2) is 29.2 Å². The van der Waals surface area contributed by atoms with E-state index in [1.54, 1.807) is 0 Å². The minimum atomic E-state index is 0.278. The molecule has 0 atom stereocenters. The van der Waals surface area contributed by atoms with Crippen molar-refractivity contribution in [2.45, 2.75) is 45.6 Å². The molecular formula is C20H27N5O2. The summed E-state index contributed by atoms with van der Waals surface area (Å²) in [6, 6.07) is 4.06. The Hall–Kier alpha value is -2.28. The van der Waals surface area contributed by atoms with Crippen LogP contribution in [0.3, 0.4) is 0 Å². The number of pyridine rings is 1.